The number of aryl methyl sites for hydroxylation is 2. The molecule has 4 nitrogen and oxygen atoms in total. The van der Waals surface area contributed by atoms with Crippen molar-refractivity contribution < 1.29 is 4.79 Å². The molecule has 0 fully saturated rings. The minimum atomic E-state index is -0.0527. The third kappa shape index (κ3) is 3.44. The Morgan fingerprint density at radius 2 is 2.00 bits per heavy atom. The number of aromatic nitrogens is 2. The molecule has 0 aliphatic carbocycles. The Labute approximate surface area is 164 Å². The Morgan fingerprint density at radius 3 is 2.78 bits per heavy atom. The summed E-state index contributed by atoms with van der Waals surface area (Å²) in [5.74, 6) is 0.106. The minimum absolute atomic E-state index is 0.0527. The first-order chi connectivity index (χ1) is 13.2. The van der Waals surface area contributed by atoms with Crippen LogP contribution < -0.4 is 0 Å². The Bertz CT molecular complexity index is 928. The molecule has 0 spiro atoms. The SMILES string of the molecule is CCCCc1nc(C)c(C(=O)N2CCn3cccc3C2c2ccccc2)s1. The van der Waals surface area contributed by atoms with Gasteiger partial charge in [0.05, 0.1) is 16.7 Å². The van der Waals surface area contributed by atoms with Crippen LogP contribution in [0.2, 0.25) is 0 Å². The number of amides is 1. The topological polar surface area (TPSA) is 38.1 Å². The van der Waals surface area contributed by atoms with E-state index in [2.05, 4.69) is 46.9 Å². The van der Waals surface area contributed by atoms with Gasteiger partial charge in [0.2, 0.25) is 0 Å². The highest BCUT2D eigenvalue weighted by Crippen LogP contribution is 2.34. The predicted molar refractivity (Wildman–Crippen MR) is 109 cm³/mol. The Hall–Kier alpha value is -2.40. The standard InChI is InChI=1S/C22H25N3OS/c1-3-4-12-19-23-16(2)21(27-19)22(26)25-15-14-24-13-8-11-18(24)20(25)17-9-6-5-7-10-17/h5-11,13,20H,3-4,12,14-15H2,1-2H3. The molecule has 1 aliphatic rings. The maximum atomic E-state index is 13.5. The van der Waals surface area contributed by atoms with Gasteiger partial charge in [0.1, 0.15) is 4.88 Å². The second-order valence-corrected chi connectivity index (χ2v) is 8.15. The molecule has 5 heteroatoms. The zero-order valence-electron chi connectivity index (χ0n) is 15.9. The van der Waals surface area contributed by atoms with Gasteiger partial charge in [-0.2, -0.15) is 0 Å². The third-order valence-electron chi connectivity index (χ3n) is 5.19. The van der Waals surface area contributed by atoms with E-state index in [1.807, 2.05) is 30.0 Å². The highest BCUT2D eigenvalue weighted by molar-refractivity contribution is 7.13. The quantitative estimate of drug-likeness (QED) is 0.636. The molecule has 1 aliphatic heterocycles. The fourth-order valence-corrected chi connectivity index (χ4v) is 4.87. The molecule has 3 heterocycles. The number of benzene rings is 1. The molecular formula is C22H25N3OS. The van der Waals surface area contributed by atoms with Crippen molar-refractivity contribution in [3.63, 3.8) is 0 Å². The number of nitrogens with zero attached hydrogens (tertiary/aromatic N) is 3. The summed E-state index contributed by atoms with van der Waals surface area (Å²) in [6, 6.07) is 14.5. The van der Waals surface area contributed by atoms with Gasteiger partial charge >= 0.3 is 0 Å². The van der Waals surface area contributed by atoms with Crippen LogP contribution in [0, 0.1) is 6.92 Å². The van der Waals surface area contributed by atoms with Gasteiger partial charge in [0.15, 0.2) is 0 Å². The number of carbonyl (C=O) groups excluding carboxylic acids is 1. The largest absolute Gasteiger partial charge is 0.348 e. The van der Waals surface area contributed by atoms with Crippen LogP contribution in [0.1, 0.15) is 57.4 Å². The molecule has 0 saturated carbocycles. The summed E-state index contributed by atoms with van der Waals surface area (Å²) in [5, 5.41) is 1.08. The first kappa shape index (κ1) is 18.0. The molecule has 140 valence electrons. The number of hydrogen-bond donors (Lipinski definition) is 0. The fourth-order valence-electron chi connectivity index (χ4n) is 3.80. The van der Waals surface area contributed by atoms with E-state index >= 15 is 0 Å². The van der Waals surface area contributed by atoms with Gasteiger partial charge in [-0.1, -0.05) is 43.7 Å². The number of thiazole rings is 1. The van der Waals surface area contributed by atoms with Crippen molar-refractivity contribution in [3.8, 4) is 0 Å². The van der Waals surface area contributed by atoms with Crippen LogP contribution in [0.3, 0.4) is 0 Å². The van der Waals surface area contributed by atoms with Crippen LogP contribution in [-0.2, 0) is 13.0 Å². The average Bonchev–Trinajstić information content (AvgIpc) is 3.32. The summed E-state index contributed by atoms with van der Waals surface area (Å²) in [6.07, 6.45) is 5.32. The smallest absolute Gasteiger partial charge is 0.266 e. The lowest BCUT2D eigenvalue weighted by Gasteiger charge is -2.37. The summed E-state index contributed by atoms with van der Waals surface area (Å²) in [5.41, 5.74) is 3.19. The molecule has 0 bridgehead atoms. The normalized spacial score (nSPS) is 16.4. The van der Waals surface area contributed by atoms with Gasteiger partial charge in [-0.25, -0.2) is 4.98 Å². The van der Waals surface area contributed by atoms with Crippen LogP contribution in [0.5, 0.6) is 0 Å². The summed E-state index contributed by atoms with van der Waals surface area (Å²) in [7, 11) is 0. The van der Waals surface area contributed by atoms with Gasteiger partial charge in [0, 0.05) is 25.0 Å². The lowest BCUT2D eigenvalue weighted by molar-refractivity contribution is 0.0668. The monoisotopic (exact) mass is 379 g/mol. The van der Waals surface area contributed by atoms with Crippen LogP contribution >= 0.6 is 11.3 Å². The molecule has 2 aromatic heterocycles. The average molecular weight is 380 g/mol. The number of rotatable bonds is 5. The van der Waals surface area contributed by atoms with Crippen LogP contribution in [-0.4, -0.2) is 26.9 Å². The summed E-state index contributed by atoms with van der Waals surface area (Å²) >= 11 is 1.57. The van der Waals surface area contributed by atoms with E-state index in [0.29, 0.717) is 6.54 Å². The summed E-state index contributed by atoms with van der Waals surface area (Å²) in [4.78, 5) is 21.0. The molecule has 1 aromatic carbocycles. The first-order valence-electron chi connectivity index (χ1n) is 9.66. The molecule has 27 heavy (non-hydrogen) atoms. The Kier molecular flexibility index (Phi) is 5.12. The molecule has 3 aromatic rings. The van der Waals surface area contributed by atoms with Crippen molar-refractivity contribution in [1.29, 1.82) is 0 Å². The lowest BCUT2D eigenvalue weighted by Crippen LogP contribution is -2.42. The maximum Gasteiger partial charge on any atom is 0.266 e. The van der Waals surface area contributed by atoms with Gasteiger partial charge in [0.25, 0.3) is 5.91 Å². The van der Waals surface area contributed by atoms with Crippen molar-refractivity contribution in [3.05, 3.63) is 75.5 Å². The zero-order chi connectivity index (χ0) is 18.8. The second kappa shape index (κ2) is 7.69. The number of fused-ring (bicyclic) bond motifs is 1. The van der Waals surface area contributed by atoms with Gasteiger partial charge in [-0.3, -0.25) is 4.79 Å². The third-order valence-corrected chi connectivity index (χ3v) is 6.40. The second-order valence-electron chi connectivity index (χ2n) is 7.06. The van der Waals surface area contributed by atoms with E-state index in [-0.39, 0.29) is 11.9 Å². The van der Waals surface area contributed by atoms with Crippen LogP contribution in [0.15, 0.2) is 48.7 Å². The highest BCUT2D eigenvalue weighted by Gasteiger charge is 2.34. The van der Waals surface area contributed by atoms with E-state index in [1.165, 1.54) is 5.69 Å². The van der Waals surface area contributed by atoms with Crippen LogP contribution in [0.25, 0.3) is 0 Å². The number of unbranched alkanes of at least 4 members (excludes halogenated alkanes) is 1. The molecule has 1 unspecified atom stereocenters. The van der Waals surface area contributed by atoms with Gasteiger partial charge < -0.3 is 9.47 Å². The van der Waals surface area contributed by atoms with Gasteiger partial charge in [-0.15, -0.1) is 11.3 Å². The maximum absolute atomic E-state index is 13.5. The van der Waals surface area contributed by atoms with E-state index in [9.17, 15) is 4.79 Å². The lowest BCUT2D eigenvalue weighted by atomic mass is 9.99. The van der Waals surface area contributed by atoms with Crippen molar-refractivity contribution >= 4 is 17.2 Å². The first-order valence-corrected chi connectivity index (χ1v) is 10.5. The molecule has 0 saturated heterocycles. The number of carbonyl (C=O) groups is 1. The molecule has 0 radical (unpaired) electrons. The molecule has 0 N–H and O–H groups in total. The van der Waals surface area contributed by atoms with E-state index in [4.69, 9.17) is 0 Å². The van der Waals surface area contributed by atoms with Crippen molar-refractivity contribution in [1.82, 2.24) is 14.5 Å². The van der Waals surface area contributed by atoms with Crippen LogP contribution in [0.4, 0.5) is 0 Å². The summed E-state index contributed by atoms with van der Waals surface area (Å²) in [6.45, 7) is 5.68. The van der Waals surface area contributed by atoms with E-state index < -0.39 is 0 Å². The summed E-state index contributed by atoms with van der Waals surface area (Å²) < 4.78 is 2.26. The van der Waals surface area contributed by atoms with Gasteiger partial charge in [-0.05, 0) is 37.5 Å². The molecule has 1 atom stereocenters. The Morgan fingerprint density at radius 1 is 1.19 bits per heavy atom. The highest BCUT2D eigenvalue weighted by atomic mass is 32.1. The molecule has 4 rings (SSSR count). The molecule has 1 amide bonds. The zero-order valence-corrected chi connectivity index (χ0v) is 16.7. The van der Waals surface area contributed by atoms with Crippen molar-refractivity contribution in [2.75, 3.05) is 6.54 Å². The van der Waals surface area contributed by atoms with Crippen molar-refractivity contribution in [2.45, 2.75) is 45.7 Å². The minimum Gasteiger partial charge on any atom is -0.348 e. The van der Waals surface area contributed by atoms with E-state index in [0.717, 1.165) is 46.9 Å². The number of hydrogen-bond acceptors (Lipinski definition) is 3. The Balaban J connectivity index is 1.69. The fraction of sp³-hybridized carbons (Fsp3) is 0.364. The van der Waals surface area contributed by atoms with E-state index in [1.54, 1.807) is 11.3 Å². The predicted octanol–water partition coefficient (Wildman–Crippen LogP) is 4.84. The molecular weight excluding hydrogens is 354 g/mol. The van der Waals surface area contributed by atoms with Crippen molar-refractivity contribution in [2.24, 2.45) is 0 Å².